The molecule has 2 N–H and O–H groups in total. The van der Waals surface area contributed by atoms with Crippen molar-refractivity contribution >= 4 is 22.9 Å². The topological polar surface area (TPSA) is 101 Å². The fraction of sp³-hybridized carbons (Fsp3) is 0.0455. The molecular weight excluding hydrogens is 435 g/mol. The van der Waals surface area contributed by atoms with Gasteiger partial charge in [-0.3, -0.25) is 14.7 Å². The highest BCUT2D eigenvalue weighted by Gasteiger charge is 2.20. The van der Waals surface area contributed by atoms with E-state index in [1.165, 1.54) is 42.7 Å². The van der Waals surface area contributed by atoms with Crippen molar-refractivity contribution < 1.29 is 13.2 Å². The minimum Gasteiger partial charge on any atom is -0.293 e. The van der Waals surface area contributed by atoms with E-state index in [4.69, 9.17) is 0 Å². The van der Waals surface area contributed by atoms with E-state index in [9.17, 15) is 18.0 Å². The number of aromatic amines is 1. The molecule has 0 aliphatic heterocycles. The Kier molecular flexibility index (Phi) is 4.85. The molecule has 0 bridgehead atoms. The van der Waals surface area contributed by atoms with Crippen molar-refractivity contribution in [2.24, 2.45) is 0 Å². The van der Waals surface area contributed by atoms with Crippen molar-refractivity contribution in [2.75, 3.05) is 5.32 Å². The van der Waals surface area contributed by atoms with E-state index >= 15 is 0 Å². The number of benzene rings is 2. The average Bonchev–Trinajstić information content (AvgIpc) is 3.28. The standard InChI is InChI=1S/C22H14F3N7O/c1-11-9-12(23)5-6-13(11)18-14-7-8-17(33)32(19-15(24)3-2-4-16(19)25)20(14)29-22(28-18)30-21-26-10-27-31-21/h2-10H,1H3,(H2,26,27,28,29,30,31). The van der Waals surface area contributed by atoms with Crippen molar-refractivity contribution in [2.45, 2.75) is 6.92 Å². The summed E-state index contributed by atoms with van der Waals surface area (Å²) in [5, 5.41) is 9.48. The van der Waals surface area contributed by atoms with Crippen molar-refractivity contribution in [3.63, 3.8) is 0 Å². The first-order chi connectivity index (χ1) is 15.9. The molecule has 33 heavy (non-hydrogen) atoms. The molecule has 5 aromatic rings. The van der Waals surface area contributed by atoms with Crippen molar-refractivity contribution in [1.82, 2.24) is 29.7 Å². The van der Waals surface area contributed by atoms with Gasteiger partial charge in [-0.15, -0.1) is 0 Å². The van der Waals surface area contributed by atoms with Gasteiger partial charge < -0.3 is 0 Å². The molecule has 0 fully saturated rings. The molecule has 5 rings (SSSR count). The first-order valence-electron chi connectivity index (χ1n) is 9.69. The monoisotopic (exact) mass is 449 g/mol. The van der Waals surface area contributed by atoms with Gasteiger partial charge in [-0.25, -0.2) is 23.3 Å². The second-order valence-electron chi connectivity index (χ2n) is 7.13. The Labute approximate surface area is 183 Å². The third-order valence-corrected chi connectivity index (χ3v) is 5.00. The number of rotatable bonds is 4. The summed E-state index contributed by atoms with van der Waals surface area (Å²) in [7, 11) is 0. The molecule has 0 amide bonds. The summed E-state index contributed by atoms with van der Waals surface area (Å²) in [4.78, 5) is 25.6. The van der Waals surface area contributed by atoms with Crippen LogP contribution in [-0.4, -0.2) is 29.7 Å². The van der Waals surface area contributed by atoms with E-state index in [2.05, 4.69) is 30.5 Å². The van der Waals surface area contributed by atoms with Crippen LogP contribution in [0.25, 0.3) is 28.0 Å². The smallest absolute Gasteiger partial charge is 0.256 e. The van der Waals surface area contributed by atoms with Gasteiger partial charge in [0.25, 0.3) is 5.56 Å². The van der Waals surface area contributed by atoms with Crippen molar-refractivity contribution in [3.8, 4) is 16.9 Å². The molecule has 0 spiro atoms. The average molecular weight is 449 g/mol. The molecule has 0 saturated heterocycles. The quantitative estimate of drug-likeness (QED) is 0.430. The lowest BCUT2D eigenvalue weighted by Crippen LogP contribution is -2.21. The van der Waals surface area contributed by atoms with Crippen LogP contribution in [0.2, 0.25) is 0 Å². The summed E-state index contributed by atoms with van der Waals surface area (Å²) >= 11 is 0. The maximum atomic E-state index is 14.7. The first-order valence-corrected chi connectivity index (χ1v) is 9.69. The molecule has 0 saturated carbocycles. The fourth-order valence-electron chi connectivity index (χ4n) is 3.56. The molecule has 0 aliphatic carbocycles. The SMILES string of the molecule is Cc1cc(F)ccc1-c1nc(Nc2ncn[nH]2)nc2c1ccc(=O)n2-c1c(F)cccc1F. The Morgan fingerprint density at radius 3 is 2.48 bits per heavy atom. The molecular formula is C22H14F3N7O. The van der Waals surface area contributed by atoms with Crippen LogP contribution in [0.3, 0.4) is 0 Å². The predicted octanol–water partition coefficient (Wildman–Crippen LogP) is 4.04. The lowest BCUT2D eigenvalue weighted by Gasteiger charge is -2.15. The number of hydrogen-bond donors (Lipinski definition) is 2. The number of fused-ring (bicyclic) bond motifs is 1. The minimum atomic E-state index is -0.938. The molecule has 3 aromatic heterocycles. The van der Waals surface area contributed by atoms with Crippen LogP contribution in [0.5, 0.6) is 0 Å². The van der Waals surface area contributed by atoms with E-state index in [0.29, 0.717) is 22.2 Å². The third kappa shape index (κ3) is 3.59. The summed E-state index contributed by atoms with van der Waals surface area (Å²) in [5.74, 6) is -2.12. The van der Waals surface area contributed by atoms with E-state index in [-0.39, 0.29) is 17.5 Å². The van der Waals surface area contributed by atoms with Crippen LogP contribution in [-0.2, 0) is 0 Å². The molecule has 0 aliphatic rings. The van der Waals surface area contributed by atoms with Gasteiger partial charge in [0.15, 0.2) is 5.65 Å². The van der Waals surface area contributed by atoms with Crippen molar-refractivity contribution in [1.29, 1.82) is 0 Å². The minimum absolute atomic E-state index is 0.0194. The van der Waals surface area contributed by atoms with E-state index < -0.39 is 28.7 Å². The molecule has 8 nitrogen and oxygen atoms in total. The Hall–Kier alpha value is -4.54. The van der Waals surface area contributed by atoms with Crippen molar-refractivity contribution in [3.05, 3.63) is 88.2 Å². The zero-order valence-corrected chi connectivity index (χ0v) is 17.0. The highest BCUT2D eigenvalue weighted by atomic mass is 19.1. The normalized spacial score (nSPS) is 11.2. The number of aryl methyl sites for hydroxylation is 1. The maximum absolute atomic E-state index is 14.7. The molecule has 11 heteroatoms. The molecule has 0 unspecified atom stereocenters. The summed E-state index contributed by atoms with van der Waals surface area (Å²) in [6.45, 7) is 1.70. The molecule has 0 radical (unpaired) electrons. The second-order valence-corrected chi connectivity index (χ2v) is 7.13. The van der Waals surface area contributed by atoms with Gasteiger partial charge in [0.1, 0.15) is 29.5 Å². The van der Waals surface area contributed by atoms with Gasteiger partial charge in [0, 0.05) is 17.0 Å². The maximum Gasteiger partial charge on any atom is 0.256 e. The second kappa shape index (κ2) is 7.86. The number of hydrogen-bond acceptors (Lipinski definition) is 6. The van der Waals surface area contributed by atoms with Gasteiger partial charge in [0.05, 0.1) is 5.69 Å². The van der Waals surface area contributed by atoms with Gasteiger partial charge in [-0.1, -0.05) is 6.07 Å². The number of para-hydroxylation sites is 1. The summed E-state index contributed by atoms with van der Waals surface area (Å²) in [6, 6.07) is 10.1. The van der Waals surface area contributed by atoms with E-state index in [0.717, 1.165) is 16.7 Å². The number of nitrogens with zero attached hydrogens (tertiary/aromatic N) is 5. The Balaban J connectivity index is 1.88. The summed E-state index contributed by atoms with van der Waals surface area (Å²) < 4.78 is 43.9. The fourth-order valence-corrected chi connectivity index (χ4v) is 3.56. The number of anilines is 2. The molecule has 3 heterocycles. The first kappa shape index (κ1) is 20.4. The molecule has 164 valence electrons. The summed E-state index contributed by atoms with van der Waals surface area (Å²) in [5.41, 5.74) is 0.114. The Morgan fingerprint density at radius 1 is 1.00 bits per heavy atom. The zero-order valence-electron chi connectivity index (χ0n) is 17.0. The van der Waals surface area contributed by atoms with E-state index in [1.54, 1.807) is 6.92 Å². The van der Waals surface area contributed by atoms with E-state index in [1.807, 2.05) is 0 Å². The highest BCUT2D eigenvalue weighted by Crippen LogP contribution is 2.31. The molecule has 0 atom stereocenters. The zero-order chi connectivity index (χ0) is 23.1. The number of halogens is 3. The number of H-pyrrole nitrogens is 1. The van der Waals surface area contributed by atoms with Crippen LogP contribution in [0.1, 0.15) is 5.56 Å². The van der Waals surface area contributed by atoms with Crippen LogP contribution in [0.15, 0.2) is 59.7 Å². The van der Waals surface area contributed by atoms with Gasteiger partial charge in [-0.05, 0) is 48.9 Å². The van der Waals surface area contributed by atoms with Gasteiger partial charge >= 0.3 is 0 Å². The van der Waals surface area contributed by atoms with Crippen LogP contribution in [0, 0.1) is 24.4 Å². The lowest BCUT2D eigenvalue weighted by molar-refractivity contribution is 0.568. The van der Waals surface area contributed by atoms with Crippen LogP contribution < -0.4 is 10.9 Å². The Morgan fingerprint density at radius 2 is 1.79 bits per heavy atom. The number of pyridine rings is 1. The van der Waals surface area contributed by atoms with Crippen LogP contribution in [0.4, 0.5) is 25.1 Å². The Bertz CT molecular complexity index is 1540. The largest absolute Gasteiger partial charge is 0.293 e. The number of nitrogens with one attached hydrogen (secondary N) is 2. The third-order valence-electron chi connectivity index (χ3n) is 5.00. The summed E-state index contributed by atoms with van der Waals surface area (Å²) in [6.07, 6.45) is 1.26. The van der Waals surface area contributed by atoms with Gasteiger partial charge in [-0.2, -0.15) is 15.1 Å². The highest BCUT2D eigenvalue weighted by molar-refractivity contribution is 5.93. The number of aromatic nitrogens is 6. The predicted molar refractivity (Wildman–Crippen MR) is 115 cm³/mol. The molecule has 2 aromatic carbocycles. The lowest BCUT2D eigenvalue weighted by atomic mass is 10.0. The van der Waals surface area contributed by atoms with Crippen LogP contribution >= 0.6 is 0 Å². The van der Waals surface area contributed by atoms with Gasteiger partial charge in [0.2, 0.25) is 11.9 Å².